The topological polar surface area (TPSA) is 43.3 Å². The van der Waals surface area contributed by atoms with Crippen LogP contribution in [0.3, 0.4) is 0 Å². The summed E-state index contributed by atoms with van der Waals surface area (Å²) in [7, 11) is 2.01. The van der Waals surface area contributed by atoms with E-state index in [2.05, 4.69) is 10.1 Å². The molecule has 158 valence electrons. The summed E-state index contributed by atoms with van der Waals surface area (Å²) >= 11 is 0. The lowest BCUT2D eigenvalue weighted by atomic mass is 9.96. The van der Waals surface area contributed by atoms with Crippen molar-refractivity contribution in [2.24, 2.45) is 5.16 Å². The number of rotatable bonds is 5. The highest BCUT2D eigenvalue weighted by molar-refractivity contribution is 5.91. The predicted molar refractivity (Wildman–Crippen MR) is 123 cm³/mol. The number of oxime groups is 1. The molecule has 31 heavy (non-hydrogen) atoms. The lowest BCUT2D eigenvalue weighted by Crippen LogP contribution is -2.40. The summed E-state index contributed by atoms with van der Waals surface area (Å²) in [5.41, 5.74) is 2.28. The van der Waals surface area contributed by atoms with E-state index >= 15 is 0 Å². The normalized spacial score (nSPS) is 16.8. The fourth-order valence-electron chi connectivity index (χ4n) is 4.45. The Bertz CT molecular complexity index is 1100. The van der Waals surface area contributed by atoms with Gasteiger partial charge in [0.2, 0.25) is 0 Å². The van der Waals surface area contributed by atoms with Crippen LogP contribution < -0.4 is 19.2 Å². The number of hydrogen-bond acceptors (Lipinski definition) is 5. The van der Waals surface area contributed by atoms with Gasteiger partial charge in [-0.3, -0.25) is 0 Å². The molecule has 1 heterocycles. The number of fused-ring (bicyclic) bond motifs is 2. The zero-order valence-electron chi connectivity index (χ0n) is 17.9. The van der Waals surface area contributed by atoms with E-state index in [1.165, 1.54) is 0 Å². The van der Waals surface area contributed by atoms with Crippen LogP contribution in [0, 0.1) is 0 Å². The van der Waals surface area contributed by atoms with Crippen molar-refractivity contribution >= 4 is 17.1 Å². The number of hydrogen-bond donors (Lipinski definition) is 0. The van der Waals surface area contributed by atoms with Gasteiger partial charge in [0.25, 0.3) is 0 Å². The number of para-hydroxylation sites is 4. The van der Waals surface area contributed by atoms with Gasteiger partial charge >= 0.3 is 0 Å². The minimum absolute atomic E-state index is 0.425. The average Bonchev–Trinajstić information content (AvgIpc) is 3.28. The first-order chi connectivity index (χ1) is 15.2. The molecule has 3 aromatic carbocycles. The molecule has 0 amide bonds. The smallest absolute Gasteiger partial charge is 0.185 e. The van der Waals surface area contributed by atoms with E-state index < -0.39 is 5.60 Å². The lowest BCUT2D eigenvalue weighted by molar-refractivity contribution is 0.143. The zero-order valence-corrected chi connectivity index (χ0v) is 17.9. The van der Waals surface area contributed by atoms with E-state index in [4.69, 9.17) is 14.3 Å². The molecule has 0 radical (unpaired) electrons. The Kier molecular flexibility index (Phi) is 5.02. The largest absolute Gasteiger partial charge is 0.481 e. The molecule has 1 saturated carbocycles. The van der Waals surface area contributed by atoms with Gasteiger partial charge in [0, 0.05) is 7.05 Å². The Labute approximate surface area is 182 Å². The van der Waals surface area contributed by atoms with Crippen LogP contribution in [0.2, 0.25) is 0 Å². The van der Waals surface area contributed by atoms with Gasteiger partial charge in [-0.15, -0.1) is 0 Å². The monoisotopic (exact) mass is 414 g/mol. The highest BCUT2D eigenvalue weighted by atomic mass is 16.6. The van der Waals surface area contributed by atoms with Gasteiger partial charge < -0.3 is 19.2 Å². The van der Waals surface area contributed by atoms with Crippen LogP contribution in [0.1, 0.15) is 32.6 Å². The van der Waals surface area contributed by atoms with Crippen molar-refractivity contribution in [1.29, 1.82) is 0 Å². The molecule has 1 fully saturated rings. The molecule has 2 aliphatic rings. The highest BCUT2D eigenvalue weighted by Crippen LogP contribution is 2.49. The minimum atomic E-state index is -0.425. The molecule has 0 aromatic heterocycles. The second kappa shape index (κ2) is 7.99. The molecule has 0 bridgehead atoms. The van der Waals surface area contributed by atoms with E-state index in [1.807, 2.05) is 86.8 Å². The van der Waals surface area contributed by atoms with Crippen LogP contribution >= 0.6 is 0 Å². The summed E-state index contributed by atoms with van der Waals surface area (Å²) in [6, 6.07) is 23.7. The van der Waals surface area contributed by atoms with Gasteiger partial charge in [-0.25, -0.2) is 0 Å². The summed E-state index contributed by atoms with van der Waals surface area (Å²) < 4.78 is 12.5. The summed E-state index contributed by atoms with van der Waals surface area (Å²) in [5.74, 6) is 3.10. The van der Waals surface area contributed by atoms with Gasteiger partial charge in [-0.05, 0) is 69.0 Å². The van der Waals surface area contributed by atoms with Crippen LogP contribution in [-0.4, -0.2) is 18.4 Å². The lowest BCUT2D eigenvalue weighted by Gasteiger charge is -2.31. The molecule has 0 spiro atoms. The Hall–Kier alpha value is -3.47. The molecule has 1 aliphatic carbocycles. The molecular formula is C26H26N2O3. The van der Waals surface area contributed by atoms with Crippen LogP contribution in [0.5, 0.6) is 23.0 Å². The first-order valence-corrected chi connectivity index (χ1v) is 10.8. The molecule has 0 N–H and O–H groups in total. The number of nitrogens with zero attached hydrogens (tertiary/aromatic N) is 2. The molecule has 5 nitrogen and oxygen atoms in total. The molecule has 0 saturated heterocycles. The molecule has 0 unspecified atom stereocenters. The van der Waals surface area contributed by atoms with E-state index in [0.29, 0.717) is 5.75 Å². The van der Waals surface area contributed by atoms with E-state index in [0.717, 1.165) is 60.0 Å². The van der Waals surface area contributed by atoms with Gasteiger partial charge in [-0.1, -0.05) is 41.6 Å². The van der Waals surface area contributed by atoms with Crippen molar-refractivity contribution < 1.29 is 14.3 Å². The van der Waals surface area contributed by atoms with E-state index in [9.17, 15) is 0 Å². The van der Waals surface area contributed by atoms with Gasteiger partial charge in [0.15, 0.2) is 17.2 Å². The molecule has 5 heteroatoms. The maximum absolute atomic E-state index is 6.45. The Morgan fingerprint density at radius 1 is 0.903 bits per heavy atom. The van der Waals surface area contributed by atoms with Crippen molar-refractivity contribution in [1.82, 2.24) is 0 Å². The Balaban J connectivity index is 1.43. The summed E-state index contributed by atoms with van der Waals surface area (Å²) in [5, 5.41) is 4.55. The molecule has 3 aromatic rings. The van der Waals surface area contributed by atoms with Crippen molar-refractivity contribution in [3.8, 4) is 23.0 Å². The predicted octanol–water partition coefficient (Wildman–Crippen LogP) is 6.71. The average molecular weight is 415 g/mol. The van der Waals surface area contributed by atoms with E-state index in [-0.39, 0.29) is 0 Å². The Morgan fingerprint density at radius 3 is 2.42 bits per heavy atom. The Morgan fingerprint density at radius 2 is 1.61 bits per heavy atom. The summed E-state index contributed by atoms with van der Waals surface area (Å²) in [6.07, 6.45) is 4.11. The molecule has 1 aliphatic heterocycles. The number of anilines is 2. The fraction of sp³-hybridized carbons (Fsp3) is 0.269. The number of benzene rings is 3. The summed E-state index contributed by atoms with van der Waals surface area (Å²) in [6.45, 7) is 2.00. The number of ether oxygens (including phenoxy) is 2. The third-order valence-electron chi connectivity index (χ3n) is 6.15. The first kappa shape index (κ1) is 19.5. The zero-order chi connectivity index (χ0) is 21.3. The van der Waals surface area contributed by atoms with Gasteiger partial charge in [0.1, 0.15) is 17.0 Å². The standard InChI is InChI=1S/C26H26N2O3/c1-19(26(17-8-9-18-26)30-20-11-4-3-5-12-20)27-31-24-16-10-15-23-25(24)28(2)21-13-6-7-14-22(21)29-23/h3-7,10-16H,8-9,17-18H2,1-2H3. The SMILES string of the molecule is CC(=NOc1cccc2c1N(C)c1ccccc1O2)C1(Oc2ccccc2)CCCC1. The van der Waals surface area contributed by atoms with Gasteiger partial charge in [-0.2, -0.15) is 0 Å². The maximum atomic E-state index is 6.45. The third kappa shape index (κ3) is 3.61. The fourth-order valence-corrected chi connectivity index (χ4v) is 4.45. The minimum Gasteiger partial charge on any atom is -0.481 e. The van der Waals surface area contributed by atoms with Crippen LogP contribution in [0.15, 0.2) is 78.0 Å². The quantitative estimate of drug-likeness (QED) is 0.344. The van der Waals surface area contributed by atoms with Crippen LogP contribution in [0.25, 0.3) is 0 Å². The second-order valence-electron chi connectivity index (χ2n) is 8.12. The third-order valence-corrected chi connectivity index (χ3v) is 6.15. The summed E-state index contributed by atoms with van der Waals surface area (Å²) in [4.78, 5) is 8.10. The van der Waals surface area contributed by atoms with E-state index in [1.54, 1.807) is 0 Å². The molecular weight excluding hydrogens is 388 g/mol. The van der Waals surface area contributed by atoms with Gasteiger partial charge in [0.05, 0.1) is 11.4 Å². The first-order valence-electron chi connectivity index (χ1n) is 10.8. The molecule has 0 atom stereocenters. The van der Waals surface area contributed by atoms with Crippen molar-refractivity contribution in [2.45, 2.75) is 38.2 Å². The molecule has 5 rings (SSSR count). The second-order valence-corrected chi connectivity index (χ2v) is 8.12. The van der Waals surface area contributed by atoms with Crippen LogP contribution in [-0.2, 0) is 0 Å². The van der Waals surface area contributed by atoms with Crippen molar-refractivity contribution in [2.75, 3.05) is 11.9 Å². The van der Waals surface area contributed by atoms with Crippen molar-refractivity contribution in [3.05, 3.63) is 72.8 Å². The highest BCUT2D eigenvalue weighted by Gasteiger charge is 2.40. The van der Waals surface area contributed by atoms with Crippen molar-refractivity contribution in [3.63, 3.8) is 0 Å². The maximum Gasteiger partial charge on any atom is 0.185 e. The van der Waals surface area contributed by atoms with Crippen LogP contribution in [0.4, 0.5) is 11.4 Å².